The van der Waals surface area contributed by atoms with Gasteiger partial charge >= 0.3 is 0 Å². The molecule has 1 aromatic heterocycles. The van der Waals surface area contributed by atoms with Gasteiger partial charge in [-0.05, 0) is 44.9 Å². The second-order valence-corrected chi connectivity index (χ2v) is 5.29. The summed E-state index contributed by atoms with van der Waals surface area (Å²) in [6.07, 6.45) is 0.523. The van der Waals surface area contributed by atoms with Crippen molar-refractivity contribution < 1.29 is 4.79 Å². The minimum atomic E-state index is 0.148. The second-order valence-electron chi connectivity index (χ2n) is 5.29. The maximum Gasteiger partial charge on any atom is 0.223 e. The van der Waals surface area contributed by atoms with Crippen LogP contribution in [0.4, 0.5) is 0 Å². The maximum atomic E-state index is 11.5. The van der Waals surface area contributed by atoms with E-state index >= 15 is 0 Å². The van der Waals surface area contributed by atoms with Gasteiger partial charge in [0.25, 0.3) is 0 Å². The van der Waals surface area contributed by atoms with Crippen LogP contribution in [0.3, 0.4) is 0 Å². The van der Waals surface area contributed by atoms with E-state index in [9.17, 15) is 4.79 Å². The average molecular weight is 263 g/mol. The lowest BCUT2D eigenvalue weighted by Gasteiger charge is -2.19. The molecule has 0 saturated heterocycles. The Labute approximate surface area is 116 Å². The number of aryl methyl sites for hydroxylation is 3. The van der Waals surface area contributed by atoms with Crippen molar-refractivity contribution in [2.45, 2.75) is 40.2 Å². The molecule has 0 fully saturated rings. The first-order valence-corrected chi connectivity index (χ1v) is 6.71. The van der Waals surface area contributed by atoms with Gasteiger partial charge in [0.15, 0.2) is 0 Å². The molecule has 1 N–H and O–H groups in total. The summed E-state index contributed by atoms with van der Waals surface area (Å²) in [5.41, 5.74) is 4.61. The molecule has 0 aliphatic heterocycles. The van der Waals surface area contributed by atoms with Crippen LogP contribution in [0, 0.1) is 20.8 Å². The van der Waals surface area contributed by atoms with E-state index in [2.05, 4.69) is 30.2 Å². The summed E-state index contributed by atoms with van der Waals surface area (Å²) >= 11 is 0. The monoisotopic (exact) mass is 263 g/mol. The molecule has 0 aliphatic rings. The zero-order chi connectivity index (χ0) is 14.6. The molecule has 1 heterocycles. The van der Waals surface area contributed by atoms with E-state index in [1.165, 1.54) is 11.1 Å². The van der Waals surface area contributed by atoms with E-state index in [1.807, 2.05) is 13.8 Å². The van der Waals surface area contributed by atoms with E-state index in [1.54, 1.807) is 19.0 Å². The normalized spacial score (nSPS) is 12.3. The molecule has 0 saturated carbocycles. The molecule has 106 valence electrons. The number of carbonyl (C=O) groups excluding carboxylic acids is 1. The van der Waals surface area contributed by atoms with Crippen molar-refractivity contribution in [3.63, 3.8) is 0 Å². The molecule has 1 unspecified atom stereocenters. The molecule has 0 aromatic carbocycles. The van der Waals surface area contributed by atoms with Crippen LogP contribution in [0.25, 0.3) is 0 Å². The van der Waals surface area contributed by atoms with Crippen LogP contribution >= 0.6 is 0 Å². The van der Waals surface area contributed by atoms with Crippen LogP contribution in [0.2, 0.25) is 0 Å². The molecule has 4 nitrogen and oxygen atoms in total. The zero-order valence-electron chi connectivity index (χ0n) is 12.9. The Bertz CT molecular complexity index is 432. The molecule has 0 bridgehead atoms. The van der Waals surface area contributed by atoms with Gasteiger partial charge in [0, 0.05) is 44.5 Å². The van der Waals surface area contributed by atoms with E-state index < -0.39 is 0 Å². The maximum absolute atomic E-state index is 11.5. The van der Waals surface area contributed by atoms with Crippen LogP contribution in [-0.2, 0) is 4.79 Å². The lowest BCUT2D eigenvalue weighted by atomic mass is 10.0. The lowest BCUT2D eigenvalue weighted by molar-refractivity contribution is -0.128. The molecule has 1 amide bonds. The van der Waals surface area contributed by atoms with Gasteiger partial charge in [-0.3, -0.25) is 9.78 Å². The first-order valence-electron chi connectivity index (χ1n) is 6.71. The van der Waals surface area contributed by atoms with E-state index in [-0.39, 0.29) is 11.9 Å². The molecule has 4 heteroatoms. The number of hydrogen-bond donors (Lipinski definition) is 1. The second kappa shape index (κ2) is 6.66. The van der Waals surface area contributed by atoms with Crippen molar-refractivity contribution in [2.75, 3.05) is 20.6 Å². The molecular formula is C15H25N3O. The Kier molecular flexibility index (Phi) is 5.48. The number of carbonyl (C=O) groups is 1. The minimum Gasteiger partial charge on any atom is -0.349 e. The number of pyridine rings is 1. The highest BCUT2D eigenvalue weighted by Crippen LogP contribution is 2.20. The molecule has 19 heavy (non-hydrogen) atoms. The predicted molar refractivity (Wildman–Crippen MR) is 78.2 cm³/mol. The molecule has 0 aliphatic carbocycles. The molecular weight excluding hydrogens is 238 g/mol. The third kappa shape index (κ3) is 4.31. The molecule has 0 radical (unpaired) electrons. The number of amides is 1. The fourth-order valence-electron chi connectivity index (χ4n) is 2.41. The highest BCUT2D eigenvalue weighted by Gasteiger charge is 2.13. The average Bonchev–Trinajstić information content (AvgIpc) is 2.26. The van der Waals surface area contributed by atoms with Crippen LogP contribution in [0.15, 0.2) is 6.07 Å². The smallest absolute Gasteiger partial charge is 0.223 e. The third-order valence-electron chi connectivity index (χ3n) is 3.31. The van der Waals surface area contributed by atoms with Crippen LogP contribution in [0.5, 0.6) is 0 Å². The summed E-state index contributed by atoms with van der Waals surface area (Å²) < 4.78 is 0. The minimum absolute atomic E-state index is 0.148. The number of nitrogens with one attached hydrogen (secondary N) is 1. The van der Waals surface area contributed by atoms with Crippen molar-refractivity contribution in [1.29, 1.82) is 0 Å². The Balaban J connectivity index is 2.64. The SMILES string of the molecule is Cc1cc(C)c(C(C)NCCC(=O)N(C)C)c(C)n1. The van der Waals surface area contributed by atoms with Crippen molar-refractivity contribution in [2.24, 2.45) is 0 Å². The van der Waals surface area contributed by atoms with Gasteiger partial charge in [-0.1, -0.05) is 0 Å². The number of aromatic nitrogens is 1. The number of nitrogens with zero attached hydrogens (tertiary/aromatic N) is 2. The van der Waals surface area contributed by atoms with Crippen LogP contribution < -0.4 is 5.32 Å². The van der Waals surface area contributed by atoms with Crippen molar-refractivity contribution >= 4 is 5.91 Å². The number of hydrogen-bond acceptors (Lipinski definition) is 3. The van der Waals surface area contributed by atoms with Gasteiger partial charge in [-0.15, -0.1) is 0 Å². The van der Waals surface area contributed by atoms with Gasteiger partial charge in [-0.2, -0.15) is 0 Å². The van der Waals surface area contributed by atoms with Gasteiger partial charge in [0.1, 0.15) is 0 Å². The fourth-order valence-corrected chi connectivity index (χ4v) is 2.41. The summed E-state index contributed by atoms with van der Waals surface area (Å²) in [6.45, 7) is 8.97. The summed E-state index contributed by atoms with van der Waals surface area (Å²) in [7, 11) is 3.56. The quantitative estimate of drug-likeness (QED) is 0.885. The molecule has 1 rings (SSSR count). The fraction of sp³-hybridized carbons (Fsp3) is 0.600. The molecule has 1 atom stereocenters. The van der Waals surface area contributed by atoms with Crippen molar-refractivity contribution in [3.8, 4) is 0 Å². The topological polar surface area (TPSA) is 45.2 Å². The standard InChI is InChI=1S/C15H25N3O/c1-10-9-11(2)17-13(4)15(10)12(3)16-8-7-14(19)18(5)6/h9,12,16H,7-8H2,1-6H3. The highest BCUT2D eigenvalue weighted by atomic mass is 16.2. The third-order valence-corrected chi connectivity index (χ3v) is 3.31. The summed E-state index contributed by atoms with van der Waals surface area (Å²) in [6, 6.07) is 2.31. The number of rotatable bonds is 5. The van der Waals surface area contributed by atoms with E-state index in [0.29, 0.717) is 13.0 Å². The van der Waals surface area contributed by atoms with Gasteiger partial charge in [0.05, 0.1) is 0 Å². The van der Waals surface area contributed by atoms with E-state index in [0.717, 1.165) is 11.4 Å². The Morgan fingerprint density at radius 1 is 1.37 bits per heavy atom. The first-order chi connectivity index (χ1) is 8.82. The largest absolute Gasteiger partial charge is 0.349 e. The summed E-state index contributed by atoms with van der Waals surface area (Å²) in [4.78, 5) is 17.6. The summed E-state index contributed by atoms with van der Waals surface area (Å²) in [5, 5.41) is 3.40. The van der Waals surface area contributed by atoms with Gasteiger partial charge in [-0.25, -0.2) is 0 Å². The Hall–Kier alpha value is -1.42. The zero-order valence-corrected chi connectivity index (χ0v) is 12.9. The van der Waals surface area contributed by atoms with E-state index in [4.69, 9.17) is 0 Å². The Morgan fingerprint density at radius 3 is 2.53 bits per heavy atom. The molecule has 0 spiro atoms. The molecule has 1 aromatic rings. The lowest BCUT2D eigenvalue weighted by Crippen LogP contribution is -2.28. The van der Waals surface area contributed by atoms with Gasteiger partial charge in [0.2, 0.25) is 5.91 Å². The van der Waals surface area contributed by atoms with Crippen molar-refractivity contribution in [3.05, 3.63) is 28.6 Å². The summed E-state index contributed by atoms with van der Waals surface area (Å²) in [5.74, 6) is 0.148. The van der Waals surface area contributed by atoms with Crippen molar-refractivity contribution in [1.82, 2.24) is 15.2 Å². The van der Waals surface area contributed by atoms with Crippen LogP contribution in [-0.4, -0.2) is 36.4 Å². The first kappa shape index (κ1) is 15.6. The van der Waals surface area contributed by atoms with Crippen LogP contribution in [0.1, 0.15) is 41.9 Å². The highest BCUT2D eigenvalue weighted by molar-refractivity contribution is 5.75. The Morgan fingerprint density at radius 2 is 2.00 bits per heavy atom. The van der Waals surface area contributed by atoms with Gasteiger partial charge < -0.3 is 10.2 Å². The predicted octanol–water partition coefficient (Wildman–Crippen LogP) is 2.14.